The fraction of sp³-hybridized carbons (Fsp3) is 0.897. The Morgan fingerprint density at radius 2 is 0.781 bits per heavy atom. The molecule has 0 aromatic rings. The van der Waals surface area contributed by atoms with Gasteiger partial charge in [-0.25, -0.2) is 0 Å². The molecule has 0 heterocycles. The average Bonchev–Trinajstić information content (AvgIpc) is 3.29. The van der Waals surface area contributed by atoms with Crippen LogP contribution in [0.3, 0.4) is 0 Å². The van der Waals surface area contributed by atoms with Crippen molar-refractivity contribution in [3.05, 3.63) is 24.3 Å². The molecule has 0 aliphatic carbocycles. The quantitative estimate of drug-likeness (QED) is 0.0321. The van der Waals surface area contributed by atoms with E-state index >= 15 is 0 Å². The SMILES string of the molecule is CCCCC/C=C\C/C=C\CCCCCCCCCC(=O)OCCCCCCCCCCCCCCCC(=O)NC(CO)C(O)CCCCCCCCCCCCCCCCCCC. The number of carbonyl (C=O) groups is 2. The predicted molar refractivity (Wildman–Crippen MR) is 278 cm³/mol. The third kappa shape index (κ3) is 49.8. The van der Waals surface area contributed by atoms with E-state index in [0.29, 0.717) is 25.9 Å². The summed E-state index contributed by atoms with van der Waals surface area (Å²) >= 11 is 0. The van der Waals surface area contributed by atoms with Crippen molar-refractivity contribution in [3.8, 4) is 0 Å². The average molecular weight is 903 g/mol. The molecule has 1 amide bonds. The minimum Gasteiger partial charge on any atom is -0.466 e. The van der Waals surface area contributed by atoms with E-state index in [4.69, 9.17) is 4.74 Å². The number of esters is 1. The van der Waals surface area contributed by atoms with Crippen LogP contribution in [0.25, 0.3) is 0 Å². The Balaban J connectivity index is 3.45. The number of hydrogen-bond donors (Lipinski definition) is 3. The molecule has 0 rings (SSSR count). The Bertz CT molecular complexity index is 997. The maximum absolute atomic E-state index is 12.5. The zero-order valence-electron chi connectivity index (χ0n) is 43.0. The maximum Gasteiger partial charge on any atom is 0.305 e. The van der Waals surface area contributed by atoms with Gasteiger partial charge >= 0.3 is 5.97 Å². The van der Waals surface area contributed by atoms with Crippen LogP contribution in [0.1, 0.15) is 309 Å². The van der Waals surface area contributed by atoms with Crippen LogP contribution in [-0.2, 0) is 14.3 Å². The number of allylic oxidation sites excluding steroid dienone is 4. The van der Waals surface area contributed by atoms with E-state index in [2.05, 4.69) is 43.5 Å². The van der Waals surface area contributed by atoms with Crippen LogP contribution in [0, 0.1) is 0 Å². The van der Waals surface area contributed by atoms with Crippen molar-refractivity contribution in [1.29, 1.82) is 0 Å². The van der Waals surface area contributed by atoms with Gasteiger partial charge in [0.15, 0.2) is 0 Å². The number of unbranched alkanes of at least 4 members (excludes halogenated alkanes) is 38. The van der Waals surface area contributed by atoms with Crippen molar-refractivity contribution in [2.24, 2.45) is 0 Å². The van der Waals surface area contributed by atoms with Crippen molar-refractivity contribution < 1.29 is 24.5 Å². The molecule has 2 atom stereocenters. The van der Waals surface area contributed by atoms with Crippen LogP contribution in [0.4, 0.5) is 0 Å². The lowest BCUT2D eigenvalue weighted by Gasteiger charge is -2.22. The largest absolute Gasteiger partial charge is 0.466 e. The molecule has 0 bridgehead atoms. The zero-order valence-corrected chi connectivity index (χ0v) is 43.0. The van der Waals surface area contributed by atoms with E-state index in [1.54, 1.807) is 0 Å². The zero-order chi connectivity index (χ0) is 46.5. The number of rotatable bonds is 53. The Hall–Kier alpha value is -1.66. The van der Waals surface area contributed by atoms with Crippen LogP contribution in [0.2, 0.25) is 0 Å². The first-order valence-electron chi connectivity index (χ1n) is 28.6. The first-order valence-corrected chi connectivity index (χ1v) is 28.6. The third-order valence-corrected chi connectivity index (χ3v) is 13.3. The highest BCUT2D eigenvalue weighted by molar-refractivity contribution is 5.76. The van der Waals surface area contributed by atoms with E-state index in [9.17, 15) is 19.8 Å². The summed E-state index contributed by atoms with van der Waals surface area (Å²) in [5.41, 5.74) is 0. The molecule has 0 aliphatic heterocycles. The van der Waals surface area contributed by atoms with Gasteiger partial charge in [0.2, 0.25) is 5.91 Å². The summed E-state index contributed by atoms with van der Waals surface area (Å²) < 4.78 is 5.47. The van der Waals surface area contributed by atoms with Gasteiger partial charge < -0.3 is 20.3 Å². The Kier molecular flexibility index (Phi) is 52.6. The van der Waals surface area contributed by atoms with Crippen molar-refractivity contribution in [2.45, 2.75) is 321 Å². The van der Waals surface area contributed by atoms with Gasteiger partial charge in [-0.1, -0.05) is 263 Å². The van der Waals surface area contributed by atoms with Crippen LogP contribution < -0.4 is 5.32 Å². The lowest BCUT2D eigenvalue weighted by atomic mass is 10.0. The van der Waals surface area contributed by atoms with Gasteiger partial charge in [0.05, 0.1) is 25.4 Å². The van der Waals surface area contributed by atoms with Crippen molar-refractivity contribution in [1.82, 2.24) is 5.32 Å². The highest BCUT2D eigenvalue weighted by Crippen LogP contribution is 2.17. The van der Waals surface area contributed by atoms with Gasteiger partial charge in [-0.05, 0) is 57.8 Å². The molecule has 0 radical (unpaired) electrons. The van der Waals surface area contributed by atoms with Crippen molar-refractivity contribution >= 4 is 11.9 Å². The molecule has 0 fully saturated rings. The van der Waals surface area contributed by atoms with Gasteiger partial charge in [-0.2, -0.15) is 0 Å². The van der Waals surface area contributed by atoms with Gasteiger partial charge in [-0.3, -0.25) is 9.59 Å². The number of amides is 1. The molecule has 2 unspecified atom stereocenters. The summed E-state index contributed by atoms with van der Waals surface area (Å²) in [6.07, 6.45) is 64.4. The summed E-state index contributed by atoms with van der Waals surface area (Å²) in [6.45, 7) is 4.91. The second-order valence-corrected chi connectivity index (χ2v) is 19.6. The van der Waals surface area contributed by atoms with E-state index in [-0.39, 0.29) is 18.5 Å². The molecular formula is C58H111NO5. The van der Waals surface area contributed by atoms with E-state index in [0.717, 1.165) is 57.8 Å². The number of nitrogens with one attached hydrogen (secondary N) is 1. The molecular weight excluding hydrogens is 791 g/mol. The van der Waals surface area contributed by atoms with E-state index < -0.39 is 12.1 Å². The number of carbonyl (C=O) groups excluding carboxylic acids is 2. The minimum atomic E-state index is -0.673. The van der Waals surface area contributed by atoms with E-state index in [1.165, 1.54) is 218 Å². The fourth-order valence-electron chi connectivity index (χ4n) is 8.85. The molecule has 0 aliphatic rings. The molecule has 0 aromatic heterocycles. The van der Waals surface area contributed by atoms with Crippen molar-refractivity contribution in [3.63, 3.8) is 0 Å². The molecule has 6 nitrogen and oxygen atoms in total. The van der Waals surface area contributed by atoms with Gasteiger partial charge in [0.1, 0.15) is 0 Å². The Labute approximate surface area is 399 Å². The lowest BCUT2D eigenvalue weighted by molar-refractivity contribution is -0.143. The number of aliphatic hydroxyl groups excluding tert-OH is 2. The molecule has 64 heavy (non-hydrogen) atoms. The molecule has 0 saturated carbocycles. The van der Waals surface area contributed by atoms with Gasteiger partial charge in [-0.15, -0.1) is 0 Å². The molecule has 6 heteroatoms. The van der Waals surface area contributed by atoms with Crippen LogP contribution in [0.15, 0.2) is 24.3 Å². The maximum atomic E-state index is 12.5. The van der Waals surface area contributed by atoms with Crippen LogP contribution >= 0.6 is 0 Å². The lowest BCUT2D eigenvalue weighted by Crippen LogP contribution is -2.45. The standard InChI is InChI=1S/C58H111NO5/c1-3-5-7-9-11-13-15-17-19-21-23-26-30-34-38-42-46-50-56(61)55(54-60)59-57(62)51-47-43-39-35-31-27-25-29-33-37-41-45-49-53-64-58(63)52-48-44-40-36-32-28-24-22-20-18-16-14-12-10-8-6-4-2/h12,14,18,20,55-56,60-61H,3-11,13,15-17,19,21-54H2,1-2H3,(H,59,62)/b14-12-,20-18-. The molecule has 378 valence electrons. The molecule has 3 N–H and O–H groups in total. The third-order valence-electron chi connectivity index (χ3n) is 13.3. The van der Waals surface area contributed by atoms with Gasteiger partial charge in [0, 0.05) is 12.8 Å². The first-order chi connectivity index (χ1) is 31.5. The highest BCUT2D eigenvalue weighted by atomic mass is 16.5. The molecule has 0 spiro atoms. The summed E-state index contributed by atoms with van der Waals surface area (Å²) in [5.74, 6) is -0.0590. The normalized spacial score (nSPS) is 12.8. The summed E-state index contributed by atoms with van der Waals surface area (Å²) in [6, 6.07) is -0.552. The summed E-state index contributed by atoms with van der Waals surface area (Å²) in [7, 11) is 0. The number of aliphatic hydroxyl groups is 2. The smallest absolute Gasteiger partial charge is 0.305 e. The second kappa shape index (κ2) is 54.0. The first kappa shape index (κ1) is 62.3. The van der Waals surface area contributed by atoms with E-state index in [1.807, 2.05) is 0 Å². The van der Waals surface area contributed by atoms with Gasteiger partial charge in [0.25, 0.3) is 0 Å². The fourth-order valence-corrected chi connectivity index (χ4v) is 8.85. The Morgan fingerprint density at radius 1 is 0.438 bits per heavy atom. The van der Waals surface area contributed by atoms with Crippen LogP contribution in [0.5, 0.6) is 0 Å². The predicted octanol–water partition coefficient (Wildman–Crippen LogP) is 17.5. The summed E-state index contributed by atoms with van der Waals surface area (Å²) in [4.78, 5) is 24.5. The van der Waals surface area contributed by atoms with Crippen LogP contribution in [-0.4, -0.2) is 47.4 Å². The minimum absolute atomic E-state index is 0.0127. The number of ether oxygens (including phenoxy) is 1. The molecule has 0 aromatic carbocycles. The number of hydrogen-bond acceptors (Lipinski definition) is 5. The topological polar surface area (TPSA) is 95.9 Å². The van der Waals surface area contributed by atoms with Crippen molar-refractivity contribution in [2.75, 3.05) is 13.2 Å². The second-order valence-electron chi connectivity index (χ2n) is 19.6. The Morgan fingerprint density at radius 3 is 1.22 bits per heavy atom. The summed E-state index contributed by atoms with van der Waals surface area (Å²) in [5, 5.41) is 23.3. The monoisotopic (exact) mass is 902 g/mol. The molecule has 0 saturated heterocycles. The highest BCUT2D eigenvalue weighted by Gasteiger charge is 2.20.